The minimum absolute atomic E-state index is 0.124. The van der Waals surface area contributed by atoms with E-state index in [2.05, 4.69) is 23.7 Å². The zero-order valence-corrected chi connectivity index (χ0v) is 10.6. The first-order valence-electron chi connectivity index (χ1n) is 5.63. The molecule has 1 aliphatic heterocycles. The van der Waals surface area contributed by atoms with Crippen LogP contribution in [0.25, 0.3) is 0 Å². The average Bonchev–Trinajstić information content (AvgIpc) is 2.58. The second-order valence-electron chi connectivity index (χ2n) is 4.69. The number of hydrogen-bond acceptors (Lipinski definition) is 3. The van der Waals surface area contributed by atoms with Gasteiger partial charge in [-0.25, -0.2) is 9.78 Å². The van der Waals surface area contributed by atoms with E-state index < -0.39 is 5.97 Å². The molecule has 1 fully saturated rings. The summed E-state index contributed by atoms with van der Waals surface area (Å²) in [4.78, 5) is 17.1. The lowest BCUT2D eigenvalue weighted by molar-refractivity contribution is 0.0696. The highest BCUT2D eigenvalue weighted by atomic mass is 35.5. The molecule has 1 aromatic heterocycles. The van der Waals surface area contributed by atoms with Crippen molar-refractivity contribution in [3.63, 3.8) is 0 Å². The van der Waals surface area contributed by atoms with Gasteiger partial charge in [0.1, 0.15) is 5.82 Å². The van der Waals surface area contributed by atoms with Gasteiger partial charge in [0, 0.05) is 19.3 Å². The van der Waals surface area contributed by atoms with Gasteiger partial charge in [-0.2, -0.15) is 0 Å². The standard InChI is InChI=1S/C12H15ClN2O2/c1-7-5-15(6-8(7)2)11-10(13)3-9(4-14-11)12(16)17/h3-4,7-8H,5-6H2,1-2H3,(H,16,17). The SMILES string of the molecule is CC1CN(c2ncc(C(=O)O)cc2Cl)CC1C. The predicted molar refractivity (Wildman–Crippen MR) is 66.7 cm³/mol. The van der Waals surface area contributed by atoms with Gasteiger partial charge in [-0.15, -0.1) is 0 Å². The molecule has 2 heterocycles. The average molecular weight is 255 g/mol. The number of carbonyl (C=O) groups is 1. The highest BCUT2D eigenvalue weighted by Crippen LogP contribution is 2.31. The van der Waals surface area contributed by atoms with Crippen LogP contribution in [0, 0.1) is 11.8 Å². The first-order valence-corrected chi connectivity index (χ1v) is 6.00. The van der Waals surface area contributed by atoms with E-state index in [1.54, 1.807) is 0 Å². The van der Waals surface area contributed by atoms with Crippen molar-refractivity contribution in [3.8, 4) is 0 Å². The normalized spacial score (nSPS) is 24.1. The number of carboxylic acids is 1. The zero-order valence-electron chi connectivity index (χ0n) is 9.85. The molecule has 1 saturated heterocycles. The molecule has 5 heteroatoms. The molecule has 0 aromatic carbocycles. The van der Waals surface area contributed by atoms with Crippen LogP contribution in [0.5, 0.6) is 0 Å². The molecular formula is C12H15ClN2O2. The maximum atomic E-state index is 10.8. The molecule has 1 aromatic rings. The summed E-state index contributed by atoms with van der Waals surface area (Å²) in [6.45, 7) is 6.23. The Morgan fingerprint density at radius 1 is 1.47 bits per heavy atom. The number of aromatic carboxylic acids is 1. The first-order chi connectivity index (χ1) is 7.99. The molecule has 0 spiro atoms. The number of pyridine rings is 1. The van der Waals surface area contributed by atoms with Crippen LogP contribution in [0.15, 0.2) is 12.3 Å². The van der Waals surface area contributed by atoms with Crippen molar-refractivity contribution >= 4 is 23.4 Å². The van der Waals surface area contributed by atoms with Gasteiger partial charge in [-0.05, 0) is 17.9 Å². The second-order valence-corrected chi connectivity index (χ2v) is 5.10. The molecule has 92 valence electrons. The molecule has 2 atom stereocenters. The second kappa shape index (κ2) is 4.53. The molecule has 4 nitrogen and oxygen atoms in total. The monoisotopic (exact) mass is 254 g/mol. The van der Waals surface area contributed by atoms with Crippen LogP contribution in [-0.4, -0.2) is 29.1 Å². The summed E-state index contributed by atoms with van der Waals surface area (Å²) in [7, 11) is 0. The van der Waals surface area contributed by atoms with Gasteiger partial charge in [0.15, 0.2) is 0 Å². The molecule has 17 heavy (non-hydrogen) atoms. The minimum atomic E-state index is -1.01. The fourth-order valence-corrected chi connectivity index (χ4v) is 2.37. The van der Waals surface area contributed by atoms with Crippen LogP contribution in [0.2, 0.25) is 5.02 Å². The molecule has 1 N–H and O–H groups in total. The Morgan fingerprint density at radius 2 is 2.06 bits per heavy atom. The number of aromatic nitrogens is 1. The minimum Gasteiger partial charge on any atom is -0.478 e. The number of halogens is 1. The fourth-order valence-electron chi connectivity index (χ4n) is 2.08. The van der Waals surface area contributed by atoms with Gasteiger partial charge in [-0.3, -0.25) is 0 Å². The van der Waals surface area contributed by atoms with Crippen LogP contribution < -0.4 is 4.90 Å². The van der Waals surface area contributed by atoms with Gasteiger partial charge < -0.3 is 10.0 Å². The van der Waals surface area contributed by atoms with Crippen LogP contribution in [0.3, 0.4) is 0 Å². The maximum absolute atomic E-state index is 10.8. The van der Waals surface area contributed by atoms with Crippen LogP contribution in [-0.2, 0) is 0 Å². The maximum Gasteiger partial charge on any atom is 0.337 e. The number of anilines is 1. The van der Waals surface area contributed by atoms with Gasteiger partial charge in [0.25, 0.3) is 0 Å². The number of carboxylic acid groups (broad SMARTS) is 1. The van der Waals surface area contributed by atoms with Crippen molar-refractivity contribution < 1.29 is 9.90 Å². The van der Waals surface area contributed by atoms with Crippen LogP contribution in [0.1, 0.15) is 24.2 Å². The summed E-state index contributed by atoms with van der Waals surface area (Å²) < 4.78 is 0. The Bertz CT molecular complexity index is 440. The smallest absolute Gasteiger partial charge is 0.337 e. The van der Waals surface area contributed by atoms with Gasteiger partial charge >= 0.3 is 5.97 Å². The quantitative estimate of drug-likeness (QED) is 0.881. The molecule has 0 amide bonds. The van der Waals surface area contributed by atoms with Crippen LogP contribution >= 0.6 is 11.6 Å². The Kier molecular flexibility index (Phi) is 3.24. The summed E-state index contributed by atoms with van der Waals surface area (Å²) in [5.74, 6) is 0.890. The Labute approximate surface area is 105 Å². The van der Waals surface area contributed by atoms with E-state index in [0.29, 0.717) is 22.7 Å². The highest BCUT2D eigenvalue weighted by molar-refractivity contribution is 6.33. The van der Waals surface area contributed by atoms with E-state index in [1.807, 2.05) is 0 Å². The molecule has 0 radical (unpaired) electrons. The third-order valence-corrected chi connectivity index (χ3v) is 3.63. The van der Waals surface area contributed by atoms with Crippen molar-refractivity contribution in [3.05, 3.63) is 22.8 Å². The lowest BCUT2D eigenvalue weighted by atomic mass is 10.0. The van der Waals surface area contributed by atoms with Crippen molar-refractivity contribution in [1.82, 2.24) is 4.98 Å². The zero-order chi connectivity index (χ0) is 12.6. The molecule has 0 bridgehead atoms. The number of rotatable bonds is 2. The van der Waals surface area contributed by atoms with E-state index >= 15 is 0 Å². The fraction of sp³-hybridized carbons (Fsp3) is 0.500. The van der Waals surface area contributed by atoms with Gasteiger partial charge in [0.2, 0.25) is 0 Å². The van der Waals surface area contributed by atoms with Crippen molar-refractivity contribution in [1.29, 1.82) is 0 Å². The molecule has 2 unspecified atom stereocenters. The molecule has 0 aliphatic carbocycles. The van der Waals surface area contributed by atoms with Crippen molar-refractivity contribution in [2.45, 2.75) is 13.8 Å². The Balaban J connectivity index is 2.26. The number of hydrogen-bond donors (Lipinski definition) is 1. The predicted octanol–water partition coefficient (Wildman–Crippen LogP) is 2.53. The summed E-state index contributed by atoms with van der Waals surface area (Å²) in [5.41, 5.74) is 0.124. The third kappa shape index (κ3) is 2.36. The first kappa shape index (κ1) is 12.2. The lowest BCUT2D eigenvalue weighted by Gasteiger charge is -2.18. The molecule has 1 aliphatic rings. The molecule has 0 saturated carbocycles. The van der Waals surface area contributed by atoms with Crippen LogP contribution in [0.4, 0.5) is 5.82 Å². The van der Waals surface area contributed by atoms with E-state index in [9.17, 15) is 4.79 Å². The summed E-state index contributed by atoms with van der Waals surface area (Å²) in [6.07, 6.45) is 1.36. The third-order valence-electron chi connectivity index (χ3n) is 3.36. The highest BCUT2D eigenvalue weighted by Gasteiger charge is 2.28. The summed E-state index contributed by atoms with van der Waals surface area (Å²) in [6, 6.07) is 1.46. The Hall–Kier alpha value is -1.29. The number of nitrogens with zero attached hydrogens (tertiary/aromatic N) is 2. The molecular weight excluding hydrogens is 240 g/mol. The van der Waals surface area contributed by atoms with Gasteiger partial charge in [0.05, 0.1) is 10.6 Å². The topological polar surface area (TPSA) is 53.4 Å². The summed E-state index contributed by atoms with van der Waals surface area (Å²) in [5, 5.41) is 9.25. The largest absolute Gasteiger partial charge is 0.478 e. The van der Waals surface area contributed by atoms with E-state index in [4.69, 9.17) is 16.7 Å². The summed E-state index contributed by atoms with van der Waals surface area (Å²) >= 11 is 6.08. The molecule has 2 rings (SSSR count). The van der Waals surface area contributed by atoms with E-state index in [-0.39, 0.29) is 5.56 Å². The van der Waals surface area contributed by atoms with E-state index in [1.165, 1.54) is 12.3 Å². The lowest BCUT2D eigenvalue weighted by Crippen LogP contribution is -2.21. The van der Waals surface area contributed by atoms with Crippen molar-refractivity contribution in [2.24, 2.45) is 11.8 Å². The van der Waals surface area contributed by atoms with Gasteiger partial charge in [-0.1, -0.05) is 25.4 Å². The van der Waals surface area contributed by atoms with Crippen molar-refractivity contribution in [2.75, 3.05) is 18.0 Å². The van der Waals surface area contributed by atoms with E-state index in [0.717, 1.165) is 13.1 Å². The Morgan fingerprint density at radius 3 is 2.53 bits per heavy atom.